The zero-order chi connectivity index (χ0) is 7.11. The molecule has 0 heterocycles. The first-order chi connectivity index (χ1) is 4.31. The summed E-state index contributed by atoms with van der Waals surface area (Å²) in [5.41, 5.74) is 0.870. The average Bonchev–Trinajstić information content (AvgIpc) is 1.89. The lowest BCUT2D eigenvalue weighted by molar-refractivity contribution is 1.47. The van der Waals surface area contributed by atoms with Crippen molar-refractivity contribution in [2.24, 2.45) is 9.98 Å². The van der Waals surface area contributed by atoms with Crippen LogP contribution in [0.1, 0.15) is 6.92 Å². The second-order valence-electron chi connectivity index (χ2n) is 1.46. The van der Waals surface area contributed by atoms with Gasteiger partial charge >= 0.3 is 0 Å². The van der Waals surface area contributed by atoms with Crippen molar-refractivity contribution in [1.29, 1.82) is 0 Å². The molecule has 0 saturated carbocycles. The number of rotatable bonds is 3. The van der Waals surface area contributed by atoms with Gasteiger partial charge < -0.3 is 0 Å². The molecule has 0 aromatic heterocycles. The van der Waals surface area contributed by atoms with E-state index in [4.69, 9.17) is 0 Å². The molecule has 0 atom stereocenters. The van der Waals surface area contributed by atoms with Gasteiger partial charge in [0.25, 0.3) is 0 Å². The largest absolute Gasteiger partial charge is 0.271 e. The lowest BCUT2D eigenvalue weighted by Gasteiger charge is -1.81. The van der Waals surface area contributed by atoms with Crippen molar-refractivity contribution >= 4 is 12.4 Å². The molecule has 48 valence electrons. The second-order valence-corrected chi connectivity index (χ2v) is 1.46. The molecule has 0 saturated heterocycles. The summed E-state index contributed by atoms with van der Waals surface area (Å²) >= 11 is 0. The molecule has 0 bridgehead atoms. The molecule has 0 amide bonds. The molecule has 0 N–H and O–H groups in total. The van der Waals surface area contributed by atoms with Crippen LogP contribution in [0.3, 0.4) is 0 Å². The van der Waals surface area contributed by atoms with Gasteiger partial charge in [0.05, 0.1) is 0 Å². The maximum absolute atomic E-state index is 3.92. The monoisotopic (exact) mass is 122 g/mol. The first-order valence-electron chi connectivity index (χ1n) is 2.59. The van der Waals surface area contributed by atoms with E-state index in [9.17, 15) is 0 Å². The van der Waals surface area contributed by atoms with Gasteiger partial charge in [0.2, 0.25) is 0 Å². The van der Waals surface area contributed by atoms with Crippen molar-refractivity contribution in [2.45, 2.75) is 6.92 Å². The number of aliphatic imine (C=N–C) groups is 2. The zero-order valence-corrected chi connectivity index (χ0v) is 5.54. The van der Waals surface area contributed by atoms with E-state index < -0.39 is 0 Å². The smallest absolute Gasteiger partial charge is 0.0453 e. The Hall–Kier alpha value is -1.18. The molecule has 0 aliphatic heterocycles. The Kier molecular flexibility index (Phi) is 4.32. The van der Waals surface area contributed by atoms with E-state index in [1.807, 2.05) is 6.92 Å². The van der Waals surface area contributed by atoms with Crippen LogP contribution in [0.25, 0.3) is 0 Å². The minimum Gasteiger partial charge on any atom is -0.271 e. The Morgan fingerprint density at radius 3 is 2.56 bits per heavy atom. The van der Waals surface area contributed by atoms with Crippen molar-refractivity contribution in [3.8, 4) is 0 Å². The average molecular weight is 122 g/mol. The molecule has 0 aromatic rings. The number of nitrogens with zero attached hydrogens (tertiary/aromatic N) is 2. The molecule has 0 aliphatic carbocycles. The number of hydrogen-bond donors (Lipinski definition) is 0. The Morgan fingerprint density at radius 2 is 2.11 bits per heavy atom. The van der Waals surface area contributed by atoms with Crippen LogP contribution in [-0.4, -0.2) is 12.4 Å². The molecule has 2 nitrogen and oxygen atoms in total. The van der Waals surface area contributed by atoms with Crippen molar-refractivity contribution in [3.05, 3.63) is 25.1 Å². The lowest BCUT2D eigenvalue weighted by Crippen LogP contribution is -1.78. The predicted octanol–water partition coefficient (Wildman–Crippen LogP) is 1.81. The number of allylic oxidation sites excluding steroid dienone is 1. The third-order valence-electron chi connectivity index (χ3n) is 0.746. The van der Waals surface area contributed by atoms with Crippen molar-refractivity contribution in [1.82, 2.24) is 0 Å². The van der Waals surface area contributed by atoms with Gasteiger partial charge in [0.1, 0.15) is 0 Å². The Morgan fingerprint density at radius 1 is 1.44 bits per heavy atom. The highest BCUT2D eigenvalue weighted by Crippen LogP contribution is 1.80. The maximum Gasteiger partial charge on any atom is 0.0453 e. The summed E-state index contributed by atoms with van der Waals surface area (Å²) in [5, 5.41) is 0. The highest BCUT2D eigenvalue weighted by molar-refractivity contribution is 5.92. The van der Waals surface area contributed by atoms with Crippen molar-refractivity contribution in [2.75, 3.05) is 0 Å². The van der Waals surface area contributed by atoms with Gasteiger partial charge in [-0.3, -0.25) is 9.98 Å². The zero-order valence-electron chi connectivity index (χ0n) is 5.54. The van der Waals surface area contributed by atoms with Gasteiger partial charge in [-0.05, 0) is 19.7 Å². The Labute approximate surface area is 55.3 Å². The summed E-state index contributed by atoms with van der Waals surface area (Å²) < 4.78 is 0. The molecule has 9 heavy (non-hydrogen) atoms. The van der Waals surface area contributed by atoms with E-state index >= 15 is 0 Å². The minimum atomic E-state index is 0.870. The van der Waals surface area contributed by atoms with Gasteiger partial charge in [-0.1, -0.05) is 6.58 Å². The molecule has 0 radical (unpaired) electrons. The summed E-state index contributed by atoms with van der Waals surface area (Å²) in [4.78, 5) is 7.39. The van der Waals surface area contributed by atoms with Crippen LogP contribution >= 0.6 is 0 Å². The third-order valence-corrected chi connectivity index (χ3v) is 0.746. The van der Waals surface area contributed by atoms with E-state index in [-0.39, 0.29) is 0 Å². The van der Waals surface area contributed by atoms with Crippen LogP contribution in [0.5, 0.6) is 0 Å². The fourth-order valence-electron chi connectivity index (χ4n) is 0.251. The highest BCUT2D eigenvalue weighted by Gasteiger charge is 1.72. The predicted molar refractivity (Wildman–Crippen MR) is 42.0 cm³/mol. The van der Waals surface area contributed by atoms with Gasteiger partial charge in [0, 0.05) is 18.1 Å². The topological polar surface area (TPSA) is 24.7 Å². The first-order valence-corrected chi connectivity index (χ1v) is 2.59. The Bertz CT molecular complexity index is 154. The van der Waals surface area contributed by atoms with Crippen molar-refractivity contribution < 1.29 is 0 Å². The van der Waals surface area contributed by atoms with E-state index in [2.05, 4.69) is 23.3 Å². The summed E-state index contributed by atoms with van der Waals surface area (Å²) in [5.74, 6) is 0. The molecule has 0 aliphatic rings. The van der Waals surface area contributed by atoms with Crippen LogP contribution in [0.4, 0.5) is 0 Å². The summed E-state index contributed by atoms with van der Waals surface area (Å²) in [6, 6.07) is 0. The van der Waals surface area contributed by atoms with Crippen LogP contribution in [0.15, 0.2) is 35.0 Å². The standard InChI is InChI=1S/C7H10N2/c1-4-7(2)9-6-5-8-3/h4-6H,1,3H2,2H3/b6-5-,9-7-. The molecule has 0 fully saturated rings. The molecule has 0 spiro atoms. The van der Waals surface area contributed by atoms with E-state index in [0.29, 0.717) is 0 Å². The summed E-state index contributed by atoms with van der Waals surface area (Å²) in [7, 11) is 0. The van der Waals surface area contributed by atoms with Crippen LogP contribution in [0, 0.1) is 0 Å². The Balaban J connectivity index is 3.81. The number of hydrogen-bond acceptors (Lipinski definition) is 2. The molecular formula is C7H10N2. The van der Waals surface area contributed by atoms with Gasteiger partial charge in [-0.2, -0.15) is 0 Å². The minimum absolute atomic E-state index is 0.870. The maximum atomic E-state index is 3.92. The normalized spacial score (nSPS) is 11.9. The van der Waals surface area contributed by atoms with Crippen molar-refractivity contribution in [3.63, 3.8) is 0 Å². The fourth-order valence-corrected chi connectivity index (χ4v) is 0.251. The first kappa shape index (κ1) is 7.82. The SMILES string of the molecule is C=C/C(C)=N\C=C/N=C. The van der Waals surface area contributed by atoms with E-state index in [1.165, 1.54) is 6.20 Å². The highest BCUT2D eigenvalue weighted by atomic mass is 14.7. The van der Waals surface area contributed by atoms with E-state index in [0.717, 1.165) is 5.71 Å². The van der Waals surface area contributed by atoms with Crippen LogP contribution in [0.2, 0.25) is 0 Å². The quantitative estimate of drug-likeness (QED) is 0.510. The second kappa shape index (κ2) is 4.97. The molecular weight excluding hydrogens is 112 g/mol. The summed E-state index contributed by atoms with van der Waals surface area (Å²) in [6.07, 6.45) is 4.77. The van der Waals surface area contributed by atoms with Gasteiger partial charge in [0.15, 0.2) is 0 Å². The van der Waals surface area contributed by atoms with E-state index in [1.54, 1.807) is 12.3 Å². The van der Waals surface area contributed by atoms with Gasteiger partial charge in [-0.15, -0.1) is 0 Å². The summed E-state index contributed by atoms with van der Waals surface area (Å²) in [6.45, 7) is 8.64. The van der Waals surface area contributed by atoms with Crippen LogP contribution < -0.4 is 0 Å². The lowest BCUT2D eigenvalue weighted by atomic mass is 10.4. The van der Waals surface area contributed by atoms with Crippen LogP contribution in [-0.2, 0) is 0 Å². The molecule has 0 aromatic carbocycles. The third kappa shape index (κ3) is 4.68. The van der Waals surface area contributed by atoms with Gasteiger partial charge in [-0.25, -0.2) is 0 Å². The molecule has 0 rings (SSSR count). The fraction of sp³-hybridized carbons (Fsp3) is 0.143. The molecule has 0 unspecified atom stereocenters. The molecule has 2 heteroatoms.